The van der Waals surface area contributed by atoms with Crippen LogP contribution in [-0.4, -0.2) is 88.4 Å². The molecule has 40 heavy (non-hydrogen) atoms. The van der Waals surface area contributed by atoms with Gasteiger partial charge in [0, 0.05) is 49.8 Å². The normalized spacial score (nSPS) is 24.9. The number of aliphatic hydroxyl groups is 1. The van der Waals surface area contributed by atoms with E-state index in [9.17, 15) is 9.90 Å². The first-order valence-corrected chi connectivity index (χ1v) is 13.7. The number of hydrogen-bond donors (Lipinski definition) is 1. The third-order valence-corrected chi connectivity index (χ3v) is 8.26. The molecule has 2 fully saturated rings. The summed E-state index contributed by atoms with van der Waals surface area (Å²) in [5, 5.41) is 20.0. The Balaban J connectivity index is 1.32. The minimum Gasteiger partial charge on any atom is -0.493 e. The Kier molecular flexibility index (Phi) is 7.24. The Bertz CT molecular complexity index is 1380. The average Bonchev–Trinajstić information content (AvgIpc) is 3.43. The molecule has 3 aromatic rings. The predicted octanol–water partition coefficient (Wildman–Crippen LogP) is 2.37. The van der Waals surface area contributed by atoms with Gasteiger partial charge < -0.3 is 29.0 Å². The Morgan fingerprint density at radius 2 is 1.88 bits per heavy atom. The molecule has 1 unspecified atom stereocenters. The van der Waals surface area contributed by atoms with Crippen molar-refractivity contribution in [3.8, 4) is 23.0 Å². The molecule has 3 atom stereocenters. The minimum atomic E-state index is -0.780. The number of carbonyl (C=O) groups excluding carboxylic acids is 1. The first kappa shape index (κ1) is 26.4. The zero-order chi connectivity index (χ0) is 27.7. The fraction of sp³-hybridized carbons (Fsp3) is 0.483. The Morgan fingerprint density at radius 1 is 1.02 bits per heavy atom. The first-order chi connectivity index (χ1) is 19.5. The molecule has 11 heteroatoms. The summed E-state index contributed by atoms with van der Waals surface area (Å²) in [4.78, 5) is 17.7. The van der Waals surface area contributed by atoms with Crippen molar-refractivity contribution in [2.45, 2.75) is 38.1 Å². The number of piperidine rings is 2. The number of methoxy groups -OCH3 is 2. The van der Waals surface area contributed by atoms with E-state index in [0.29, 0.717) is 86.4 Å². The van der Waals surface area contributed by atoms with E-state index in [0.717, 1.165) is 12.1 Å². The lowest BCUT2D eigenvalue weighted by Crippen LogP contribution is -2.60. The highest BCUT2D eigenvalue weighted by Gasteiger charge is 2.46. The fourth-order valence-electron chi connectivity index (χ4n) is 5.96. The van der Waals surface area contributed by atoms with Crippen LogP contribution in [0.3, 0.4) is 0 Å². The molecule has 0 aliphatic carbocycles. The van der Waals surface area contributed by atoms with E-state index in [1.54, 1.807) is 37.1 Å². The van der Waals surface area contributed by atoms with Crippen molar-refractivity contribution in [3.05, 3.63) is 59.4 Å². The summed E-state index contributed by atoms with van der Waals surface area (Å²) in [5.41, 5.74) is 1.44. The highest BCUT2D eigenvalue weighted by molar-refractivity contribution is 5.95. The van der Waals surface area contributed by atoms with Crippen LogP contribution >= 0.6 is 0 Å². The molecule has 4 aliphatic rings. The van der Waals surface area contributed by atoms with Crippen LogP contribution < -0.4 is 18.9 Å². The third kappa shape index (κ3) is 5.18. The molecule has 4 aliphatic heterocycles. The molecule has 212 valence electrons. The number of nitrogens with zero attached hydrogens (tertiary/aromatic N) is 5. The van der Waals surface area contributed by atoms with Crippen LogP contribution in [0.2, 0.25) is 0 Å². The van der Waals surface area contributed by atoms with Crippen molar-refractivity contribution >= 4 is 5.91 Å². The molecule has 1 aromatic heterocycles. The SMILES string of the molecule is COc1cc2ccc1OCCn1cc(nn1)COc1c(cccc1OC)CN1CC[C@@]3(O)CCN(C[C@H]3C1)C2=O. The van der Waals surface area contributed by atoms with Crippen molar-refractivity contribution in [1.82, 2.24) is 24.8 Å². The van der Waals surface area contributed by atoms with Gasteiger partial charge in [0.15, 0.2) is 23.0 Å². The van der Waals surface area contributed by atoms with Crippen LogP contribution in [0, 0.1) is 5.92 Å². The van der Waals surface area contributed by atoms with Gasteiger partial charge in [-0.15, -0.1) is 5.10 Å². The largest absolute Gasteiger partial charge is 0.493 e. The highest BCUT2D eigenvalue weighted by Crippen LogP contribution is 2.39. The number of fused-ring (bicyclic) bond motifs is 5. The van der Waals surface area contributed by atoms with Crippen LogP contribution in [0.4, 0.5) is 0 Å². The van der Waals surface area contributed by atoms with E-state index in [2.05, 4.69) is 15.2 Å². The molecule has 0 radical (unpaired) electrons. The number of para-hydroxylation sites is 1. The Morgan fingerprint density at radius 3 is 2.73 bits per heavy atom. The van der Waals surface area contributed by atoms with Gasteiger partial charge in [-0.2, -0.15) is 0 Å². The van der Waals surface area contributed by atoms with E-state index in [1.807, 2.05) is 29.3 Å². The van der Waals surface area contributed by atoms with Gasteiger partial charge in [-0.1, -0.05) is 17.3 Å². The summed E-state index contributed by atoms with van der Waals surface area (Å²) in [7, 11) is 3.19. The van der Waals surface area contributed by atoms with Crippen molar-refractivity contribution in [1.29, 1.82) is 0 Å². The van der Waals surface area contributed by atoms with Crippen LogP contribution in [0.25, 0.3) is 0 Å². The molecular weight excluding hydrogens is 514 g/mol. The molecule has 2 saturated heterocycles. The first-order valence-electron chi connectivity index (χ1n) is 13.7. The van der Waals surface area contributed by atoms with E-state index in [4.69, 9.17) is 18.9 Å². The lowest BCUT2D eigenvalue weighted by atomic mass is 9.75. The quantitative estimate of drug-likeness (QED) is 0.515. The molecule has 1 amide bonds. The monoisotopic (exact) mass is 549 g/mol. The zero-order valence-electron chi connectivity index (χ0n) is 22.9. The van der Waals surface area contributed by atoms with Gasteiger partial charge in [0.2, 0.25) is 0 Å². The number of aromatic nitrogens is 3. The van der Waals surface area contributed by atoms with Crippen LogP contribution in [-0.2, 0) is 19.7 Å². The third-order valence-electron chi connectivity index (χ3n) is 8.26. The summed E-state index contributed by atoms with van der Waals surface area (Å²) in [6, 6.07) is 11.1. The second-order valence-electron chi connectivity index (χ2n) is 10.7. The topological polar surface area (TPSA) is 111 Å². The second kappa shape index (κ2) is 11.0. The van der Waals surface area contributed by atoms with Gasteiger partial charge >= 0.3 is 0 Å². The number of hydrogen-bond acceptors (Lipinski definition) is 9. The van der Waals surface area contributed by atoms with Gasteiger partial charge in [0.05, 0.1) is 32.6 Å². The van der Waals surface area contributed by atoms with E-state index in [1.165, 1.54) is 0 Å². The maximum atomic E-state index is 13.5. The standard InChI is InChI=1S/C29H35N5O6/c1-37-25-5-3-4-21-15-32-10-8-29(36)9-11-33(17-22(29)16-32)28(35)20-6-7-24(26(14-20)38-2)39-13-12-34-18-23(30-31-34)19-40-27(21)25/h3-7,14,18,22,36H,8-13,15-17,19H2,1-2H3/t22-,29-/m1/s1. The molecular formula is C29H35N5O6. The van der Waals surface area contributed by atoms with Crippen molar-refractivity contribution in [3.63, 3.8) is 0 Å². The van der Waals surface area contributed by atoms with Gasteiger partial charge in [-0.25, -0.2) is 4.68 Å². The fourth-order valence-corrected chi connectivity index (χ4v) is 5.96. The van der Waals surface area contributed by atoms with Crippen molar-refractivity contribution in [2.24, 2.45) is 5.92 Å². The zero-order valence-corrected chi connectivity index (χ0v) is 22.9. The van der Waals surface area contributed by atoms with Crippen molar-refractivity contribution < 1.29 is 28.8 Å². The number of benzene rings is 2. The summed E-state index contributed by atoms with van der Waals surface area (Å²) >= 11 is 0. The lowest BCUT2D eigenvalue weighted by Gasteiger charge is -2.50. The summed E-state index contributed by atoms with van der Waals surface area (Å²) < 4.78 is 25.1. The molecule has 2 aromatic carbocycles. The number of carbonyl (C=O) groups is 1. The van der Waals surface area contributed by atoms with Gasteiger partial charge in [-0.05, 0) is 37.1 Å². The second-order valence-corrected chi connectivity index (χ2v) is 10.7. The van der Waals surface area contributed by atoms with Gasteiger partial charge in [0.25, 0.3) is 5.91 Å². The molecule has 7 bridgehead atoms. The molecule has 7 rings (SSSR count). The minimum absolute atomic E-state index is 0.0671. The van der Waals surface area contributed by atoms with E-state index in [-0.39, 0.29) is 18.4 Å². The van der Waals surface area contributed by atoms with E-state index >= 15 is 0 Å². The number of amides is 1. The smallest absolute Gasteiger partial charge is 0.254 e. The Labute approximate surface area is 233 Å². The summed E-state index contributed by atoms with van der Waals surface area (Å²) in [6.07, 6.45) is 3.05. The average molecular weight is 550 g/mol. The molecule has 0 spiro atoms. The molecule has 11 nitrogen and oxygen atoms in total. The van der Waals surface area contributed by atoms with Crippen LogP contribution in [0.1, 0.15) is 34.5 Å². The lowest BCUT2D eigenvalue weighted by molar-refractivity contribution is -0.108. The predicted molar refractivity (Wildman–Crippen MR) is 145 cm³/mol. The Hall–Kier alpha value is -3.83. The summed E-state index contributed by atoms with van der Waals surface area (Å²) in [5.74, 6) is 2.22. The van der Waals surface area contributed by atoms with E-state index < -0.39 is 5.60 Å². The van der Waals surface area contributed by atoms with Gasteiger partial charge in [0.1, 0.15) is 18.9 Å². The molecule has 5 heterocycles. The number of ether oxygens (including phenoxy) is 4. The van der Waals surface area contributed by atoms with Crippen molar-refractivity contribution in [2.75, 3.05) is 47.0 Å². The molecule has 1 N–H and O–H groups in total. The van der Waals surface area contributed by atoms with Crippen LogP contribution in [0.5, 0.6) is 23.0 Å². The summed E-state index contributed by atoms with van der Waals surface area (Å²) in [6.45, 7) is 4.11. The van der Waals surface area contributed by atoms with Gasteiger partial charge in [-0.3, -0.25) is 9.69 Å². The maximum absolute atomic E-state index is 13.5. The molecule has 0 saturated carbocycles. The number of rotatable bonds is 2. The highest BCUT2D eigenvalue weighted by atomic mass is 16.5. The maximum Gasteiger partial charge on any atom is 0.254 e. The van der Waals surface area contributed by atoms with Crippen LogP contribution in [0.15, 0.2) is 42.6 Å².